The van der Waals surface area contributed by atoms with Gasteiger partial charge in [0.2, 0.25) is 0 Å². The van der Waals surface area contributed by atoms with E-state index in [0.29, 0.717) is 5.06 Å². The SMILES string of the molecule is O=C(CCCl)ON1C(=O)c2ccccc2C1=O. The van der Waals surface area contributed by atoms with Crippen molar-refractivity contribution < 1.29 is 19.2 Å². The maximum absolute atomic E-state index is 11.7. The summed E-state index contributed by atoms with van der Waals surface area (Å²) in [6.45, 7) is 0. The van der Waals surface area contributed by atoms with Crippen LogP contribution in [0.1, 0.15) is 27.1 Å². The van der Waals surface area contributed by atoms with Crippen molar-refractivity contribution in [1.29, 1.82) is 0 Å². The first-order valence-corrected chi connectivity index (χ1v) is 5.43. The van der Waals surface area contributed by atoms with E-state index in [1.165, 1.54) is 12.1 Å². The Morgan fingerprint density at radius 1 is 1.18 bits per heavy atom. The minimum atomic E-state index is -0.713. The second-order valence-electron chi connectivity index (χ2n) is 3.35. The van der Waals surface area contributed by atoms with Gasteiger partial charge in [-0.2, -0.15) is 0 Å². The highest BCUT2D eigenvalue weighted by Gasteiger charge is 2.38. The van der Waals surface area contributed by atoms with Crippen LogP contribution in [0, 0.1) is 0 Å². The van der Waals surface area contributed by atoms with Crippen LogP contribution in [0.3, 0.4) is 0 Å². The van der Waals surface area contributed by atoms with Crippen LogP contribution in [0.2, 0.25) is 0 Å². The molecule has 0 aliphatic carbocycles. The van der Waals surface area contributed by atoms with Gasteiger partial charge >= 0.3 is 5.97 Å². The first-order valence-electron chi connectivity index (χ1n) is 4.89. The predicted octanol–water partition coefficient (Wildman–Crippen LogP) is 1.37. The fourth-order valence-corrected chi connectivity index (χ4v) is 1.63. The highest BCUT2D eigenvalue weighted by atomic mass is 35.5. The molecule has 1 aromatic carbocycles. The molecule has 0 bridgehead atoms. The molecule has 0 atom stereocenters. The molecular weight excluding hydrogens is 246 g/mol. The molecule has 0 radical (unpaired) electrons. The molecule has 1 aliphatic rings. The van der Waals surface area contributed by atoms with Crippen molar-refractivity contribution in [2.75, 3.05) is 5.88 Å². The number of hydrogen-bond acceptors (Lipinski definition) is 4. The lowest BCUT2D eigenvalue weighted by Gasteiger charge is -2.11. The Balaban J connectivity index is 2.22. The van der Waals surface area contributed by atoms with Gasteiger partial charge in [-0.05, 0) is 12.1 Å². The largest absolute Gasteiger partial charge is 0.334 e. The first-order chi connectivity index (χ1) is 8.15. The zero-order chi connectivity index (χ0) is 12.4. The Labute approximate surface area is 102 Å². The summed E-state index contributed by atoms with van der Waals surface area (Å²) >= 11 is 5.35. The van der Waals surface area contributed by atoms with Crippen molar-refractivity contribution in [2.45, 2.75) is 6.42 Å². The molecular formula is C11H8ClNO4. The number of halogens is 1. The van der Waals surface area contributed by atoms with Gasteiger partial charge in [-0.15, -0.1) is 11.6 Å². The molecule has 6 heteroatoms. The molecule has 17 heavy (non-hydrogen) atoms. The quantitative estimate of drug-likeness (QED) is 0.603. The molecule has 0 unspecified atom stereocenters. The van der Waals surface area contributed by atoms with Crippen LogP contribution in [-0.4, -0.2) is 28.7 Å². The Morgan fingerprint density at radius 3 is 2.18 bits per heavy atom. The van der Waals surface area contributed by atoms with E-state index in [1.807, 2.05) is 0 Å². The molecule has 1 aliphatic heterocycles. The minimum absolute atomic E-state index is 0.0606. The Bertz CT molecular complexity index is 465. The van der Waals surface area contributed by atoms with Crippen LogP contribution >= 0.6 is 11.6 Å². The van der Waals surface area contributed by atoms with Gasteiger partial charge < -0.3 is 4.84 Å². The molecule has 0 saturated heterocycles. The van der Waals surface area contributed by atoms with E-state index in [-0.39, 0.29) is 23.4 Å². The summed E-state index contributed by atoms with van der Waals surface area (Å²) in [4.78, 5) is 39.3. The molecule has 0 N–H and O–H groups in total. The van der Waals surface area contributed by atoms with E-state index in [0.717, 1.165) is 0 Å². The van der Waals surface area contributed by atoms with Crippen LogP contribution < -0.4 is 0 Å². The van der Waals surface area contributed by atoms with E-state index in [2.05, 4.69) is 4.84 Å². The number of hydrogen-bond donors (Lipinski definition) is 0. The Hall–Kier alpha value is -1.88. The Kier molecular flexibility index (Phi) is 3.10. The zero-order valence-corrected chi connectivity index (χ0v) is 9.44. The van der Waals surface area contributed by atoms with Crippen LogP contribution in [0.25, 0.3) is 0 Å². The molecule has 0 aromatic heterocycles. The van der Waals surface area contributed by atoms with E-state index < -0.39 is 17.8 Å². The summed E-state index contributed by atoms with van der Waals surface area (Å²) in [5, 5.41) is 0.472. The molecule has 88 valence electrons. The number of alkyl halides is 1. The number of fused-ring (bicyclic) bond motifs is 1. The number of amides is 2. The topological polar surface area (TPSA) is 63.7 Å². The van der Waals surface area contributed by atoms with Gasteiger partial charge in [-0.3, -0.25) is 9.59 Å². The number of carbonyl (C=O) groups excluding carboxylic acids is 3. The maximum atomic E-state index is 11.7. The predicted molar refractivity (Wildman–Crippen MR) is 58.4 cm³/mol. The minimum Gasteiger partial charge on any atom is -0.330 e. The molecule has 2 amide bonds. The fraction of sp³-hybridized carbons (Fsp3) is 0.182. The third-order valence-corrected chi connectivity index (χ3v) is 2.44. The zero-order valence-electron chi connectivity index (χ0n) is 8.68. The monoisotopic (exact) mass is 253 g/mol. The summed E-state index contributed by atoms with van der Waals surface area (Å²) in [6, 6.07) is 6.28. The van der Waals surface area contributed by atoms with Crippen molar-refractivity contribution in [3.8, 4) is 0 Å². The van der Waals surface area contributed by atoms with Crippen molar-refractivity contribution in [1.82, 2.24) is 5.06 Å². The highest BCUT2D eigenvalue weighted by molar-refractivity contribution is 6.21. The lowest BCUT2D eigenvalue weighted by Crippen LogP contribution is -2.32. The van der Waals surface area contributed by atoms with Gasteiger partial charge in [0.05, 0.1) is 17.5 Å². The molecule has 0 spiro atoms. The average molecular weight is 254 g/mol. The number of benzene rings is 1. The summed E-state index contributed by atoms with van der Waals surface area (Å²) in [5.74, 6) is -1.90. The molecule has 1 heterocycles. The number of imide groups is 1. The molecule has 2 rings (SSSR count). The number of carbonyl (C=O) groups is 3. The van der Waals surface area contributed by atoms with Crippen molar-refractivity contribution in [3.05, 3.63) is 35.4 Å². The summed E-state index contributed by atoms with van der Waals surface area (Å²) in [6.07, 6.45) is -0.0606. The third kappa shape index (κ3) is 2.01. The van der Waals surface area contributed by atoms with E-state index in [1.54, 1.807) is 12.1 Å². The molecule has 0 saturated carbocycles. The number of rotatable bonds is 3. The standard InChI is InChI=1S/C11H8ClNO4/c12-6-5-9(14)17-13-10(15)7-3-1-2-4-8(7)11(13)16/h1-4H,5-6H2. The summed E-state index contributed by atoms with van der Waals surface area (Å²) in [5.41, 5.74) is 0.465. The lowest BCUT2D eigenvalue weighted by molar-refractivity contribution is -0.167. The third-order valence-electron chi connectivity index (χ3n) is 2.25. The van der Waals surface area contributed by atoms with Gasteiger partial charge in [0, 0.05) is 5.88 Å². The average Bonchev–Trinajstić information content (AvgIpc) is 2.56. The van der Waals surface area contributed by atoms with E-state index in [4.69, 9.17) is 11.6 Å². The smallest absolute Gasteiger partial charge is 0.330 e. The number of hydroxylamine groups is 2. The number of nitrogens with zero attached hydrogens (tertiary/aromatic N) is 1. The molecule has 1 aromatic rings. The second kappa shape index (κ2) is 4.55. The van der Waals surface area contributed by atoms with Crippen LogP contribution in [-0.2, 0) is 9.63 Å². The summed E-state index contributed by atoms with van der Waals surface area (Å²) < 4.78 is 0. The Morgan fingerprint density at radius 2 is 1.71 bits per heavy atom. The molecule has 5 nitrogen and oxygen atoms in total. The van der Waals surface area contributed by atoms with E-state index in [9.17, 15) is 14.4 Å². The fourth-order valence-electron chi connectivity index (χ4n) is 1.47. The van der Waals surface area contributed by atoms with Crippen LogP contribution in [0.4, 0.5) is 0 Å². The van der Waals surface area contributed by atoms with Crippen LogP contribution in [0.5, 0.6) is 0 Å². The van der Waals surface area contributed by atoms with Crippen molar-refractivity contribution >= 4 is 29.4 Å². The normalized spacial score (nSPS) is 13.8. The van der Waals surface area contributed by atoms with Crippen LogP contribution in [0.15, 0.2) is 24.3 Å². The summed E-state index contributed by atoms with van der Waals surface area (Å²) in [7, 11) is 0. The van der Waals surface area contributed by atoms with Crippen molar-refractivity contribution in [3.63, 3.8) is 0 Å². The lowest BCUT2D eigenvalue weighted by atomic mass is 10.1. The van der Waals surface area contributed by atoms with E-state index >= 15 is 0 Å². The molecule has 0 fully saturated rings. The van der Waals surface area contributed by atoms with Gasteiger partial charge in [0.1, 0.15) is 0 Å². The van der Waals surface area contributed by atoms with Crippen molar-refractivity contribution in [2.24, 2.45) is 0 Å². The second-order valence-corrected chi connectivity index (χ2v) is 3.73. The maximum Gasteiger partial charge on any atom is 0.334 e. The van der Waals surface area contributed by atoms with Gasteiger partial charge in [-0.25, -0.2) is 4.79 Å². The first kappa shape index (κ1) is 11.6. The highest BCUT2D eigenvalue weighted by Crippen LogP contribution is 2.22. The van der Waals surface area contributed by atoms with Gasteiger partial charge in [0.25, 0.3) is 11.8 Å². The van der Waals surface area contributed by atoms with Gasteiger partial charge in [-0.1, -0.05) is 17.2 Å². The van der Waals surface area contributed by atoms with Gasteiger partial charge in [0.15, 0.2) is 0 Å².